The van der Waals surface area contributed by atoms with Crippen molar-refractivity contribution in [1.29, 1.82) is 5.26 Å². The van der Waals surface area contributed by atoms with Crippen molar-refractivity contribution in [3.05, 3.63) is 29.8 Å². The summed E-state index contributed by atoms with van der Waals surface area (Å²) in [6, 6.07) is 10.5. The zero-order chi connectivity index (χ0) is 15.2. The lowest BCUT2D eigenvalue weighted by atomic mass is 10.0. The van der Waals surface area contributed by atoms with Crippen LogP contribution in [0.5, 0.6) is 0 Å². The van der Waals surface area contributed by atoms with Crippen molar-refractivity contribution in [2.75, 3.05) is 31.1 Å². The number of hydrogen-bond donors (Lipinski definition) is 0. The Labute approximate surface area is 127 Å². The highest BCUT2D eigenvalue weighted by atomic mass is 16.2. The maximum Gasteiger partial charge on any atom is 0.242 e. The molecule has 1 heterocycles. The van der Waals surface area contributed by atoms with Crippen LogP contribution in [-0.4, -0.2) is 37.0 Å². The number of anilines is 1. The number of nitrogens with zero attached hydrogens (tertiary/aromatic N) is 3. The summed E-state index contributed by atoms with van der Waals surface area (Å²) in [7, 11) is 0. The van der Waals surface area contributed by atoms with E-state index >= 15 is 0 Å². The summed E-state index contributed by atoms with van der Waals surface area (Å²) in [5.74, 6) is -0.0150. The predicted octanol–water partition coefficient (Wildman–Crippen LogP) is 2.45. The zero-order valence-corrected chi connectivity index (χ0v) is 12.9. The summed E-state index contributed by atoms with van der Waals surface area (Å²) in [6.07, 6.45) is 2.18. The molecule has 1 aliphatic heterocycles. The largest absolute Gasteiger partial charge is 0.362 e. The zero-order valence-electron chi connectivity index (χ0n) is 12.9. The van der Waals surface area contributed by atoms with Crippen molar-refractivity contribution >= 4 is 11.6 Å². The van der Waals surface area contributed by atoms with Gasteiger partial charge in [0.05, 0.1) is 18.5 Å². The Hall–Kier alpha value is -2.02. The number of aryl methyl sites for hydroxylation is 1. The quantitative estimate of drug-likeness (QED) is 0.835. The van der Waals surface area contributed by atoms with Gasteiger partial charge in [-0.1, -0.05) is 18.2 Å². The summed E-state index contributed by atoms with van der Waals surface area (Å²) < 4.78 is 0. The van der Waals surface area contributed by atoms with Crippen LogP contribution >= 0.6 is 0 Å². The van der Waals surface area contributed by atoms with Crippen LogP contribution in [0.25, 0.3) is 0 Å². The van der Waals surface area contributed by atoms with Crippen LogP contribution < -0.4 is 4.90 Å². The van der Waals surface area contributed by atoms with E-state index in [0.717, 1.165) is 19.4 Å². The molecule has 1 aromatic rings. The predicted molar refractivity (Wildman–Crippen MR) is 84.0 cm³/mol. The van der Waals surface area contributed by atoms with Crippen molar-refractivity contribution in [2.45, 2.75) is 26.7 Å². The minimum Gasteiger partial charge on any atom is -0.362 e. The molecule has 2 rings (SSSR count). The lowest BCUT2D eigenvalue weighted by Gasteiger charge is -2.33. The van der Waals surface area contributed by atoms with Crippen molar-refractivity contribution in [2.24, 2.45) is 5.92 Å². The van der Waals surface area contributed by atoms with Gasteiger partial charge in [0.1, 0.15) is 0 Å². The van der Waals surface area contributed by atoms with Crippen LogP contribution in [0.2, 0.25) is 0 Å². The van der Waals surface area contributed by atoms with Crippen molar-refractivity contribution in [3.63, 3.8) is 0 Å². The molecule has 0 saturated carbocycles. The van der Waals surface area contributed by atoms with E-state index in [2.05, 4.69) is 29.2 Å². The molecule has 1 unspecified atom stereocenters. The number of fused-ring (bicyclic) bond motifs is 1. The Morgan fingerprint density at radius 1 is 1.48 bits per heavy atom. The van der Waals surface area contributed by atoms with Crippen molar-refractivity contribution in [1.82, 2.24) is 4.90 Å². The molecule has 0 aromatic heterocycles. The number of para-hydroxylation sites is 1. The molecule has 1 atom stereocenters. The highest BCUT2D eigenvalue weighted by Gasteiger charge is 2.22. The van der Waals surface area contributed by atoms with Crippen LogP contribution in [0.3, 0.4) is 0 Å². The van der Waals surface area contributed by atoms with Gasteiger partial charge >= 0.3 is 0 Å². The molecule has 1 amide bonds. The maximum atomic E-state index is 12.5. The molecule has 4 nitrogen and oxygen atoms in total. The Balaban J connectivity index is 2.04. The molecule has 4 heteroatoms. The summed E-state index contributed by atoms with van der Waals surface area (Å²) in [5, 5.41) is 8.91. The maximum absolute atomic E-state index is 12.5. The van der Waals surface area contributed by atoms with Gasteiger partial charge in [0.25, 0.3) is 0 Å². The summed E-state index contributed by atoms with van der Waals surface area (Å²) in [6.45, 7) is 6.32. The monoisotopic (exact) mass is 285 g/mol. The lowest BCUT2D eigenvalue weighted by molar-refractivity contribution is -0.129. The van der Waals surface area contributed by atoms with E-state index in [4.69, 9.17) is 5.26 Å². The van der Waals surface area contributed by atoms with E-state index in [9.17, 15) is 4.79 Å². The highest BCUT2D eigenvalue weighted by molar-refractivity contribution is 5.82. The Morgan fingerprint density at radius 2 is 2.24 bits per heavy atom. The molecule has 0 aliphatic carbocycles. The standard InChI is InChI=1S/C17H23N3O/c1-3-19(12-14(2)11-18)17(21)13-20-10-6-8-15-7-4-5-9-16(15)20/h4-5,7,9,14H,3,6,8,10,12-13H2,1-2H3. The first kappa shape index (κ1) is 15.4. The molecular weight excluding hydrogens is 262 g/mol. The minimum atomic E-state index is -0.123. The Morgan fingerprint density at radius 3 is 2.95 bits per heavy atom. The Bertz CT molecular complexity index is 535. The first-order valence-corrected chi connectivity index (χ1v) is 7.66. The van der Waals surface area contributed by atoms with E-state index in [0.29, 0.717) is 19.6 Å². The van der Waals surface area contributed by atoms with Crippen molar-refractivity contribution in [3.8, 4) is 6.07 Å². The molecule has 1 aliphatic rings. The third kappa shape index (κ3) is 3.75. The molecule has 0 fully saturated rings. The highest BCUT2D eigenvalue weighted by Crippen LogP contribution is 2.26. The third-order valence-electron chi connectivity index (χ3n) is 3.98. The van der Waals surface area contributed by atoms with E-state index in [-0.39, 0.29) is 11.8 Å². The van der Waals surface area contributed by atoms with Gasteiger partial charge in [-0.3, -0.25) is 4.79 Å². The number of amides is 1. The normalized spacial score (nSPS) is 15.0. The smallest absolute Gasteiger partial charge is 0.242 e. The van der Waals surface area contributed by atoms with E-state index in [1.807, 2.05) is 19.9 Å². The molecule has 1 aromatic carbocycles. The van der Waals surface area contributed by atoms with Gasteiger partial charge in [-0.25, -0.2) is 0 Å². The van der Waals surface area contributed by atoms with Gasteiger partial charge in [-0.15, -0.1) is 0 Å². The van der Waals surface area contributed by atoms with Gasteiger partial charge in [0.15, 0.2) is 0 Å². The molecule has 0 spiro atoms. The SMILES string of the molecule is CCN(CC(C)C#N)C(=O)CN1CCCc2ccccc21. The van der Waals surface area contributed by atoms with Crippen LogP contribution in [0.1, 0.15) is 25.8 Å². The summed E-state index contributed by atoms with van der Waals surface area (Å²) in [5.41, 5.74) is 2.51. The number of benzene rings is 1. The number of nitriles is 1. The van der Waals surface area contributed by atoms with Crippen molar-refractivity contribution < 1.29 is 4.79 Å². The lowest BCUT2D eigenvalue weighted by Crippen LogP contribution is -2.43. The number of likely N-dealkylation sites (N-methyl/N-ethyl adjacent to an activating group) is 1. The van der Waals surface area contributed by atoms with Gasteiger partial charge in [-0.2, -0.15) is 5.26 Å². The average molecular weight is 285 g/mol. The summed E-state index contributed by atoms with van der Waals surface area (Å²) >= 11 is 0. The molecular formula is C17H23N3O. The third-order valence-corrected chi connectivity index (χ3v) is 3.98. The number of rotatable bonds is 5. The molecule has 0 N–H and O–H groups in total. The van der Waals surface area contributed by atoms with E-state index in [1.165, 1.54) is 11.3 Å². The fraction of sp³-hybridized carbons (Fsp3) is 0.529. The van der Waals surface area contributed by atoms with Crippen LogP contribution in [0.4, 0.5) is 5.69 Å². The second-order valence-corrected chi connectivity index (χ2v) is 5.62. The van der Waals surface area contributed by atoms with Gasteiger partial charge in [0, 0.05) is 25.3 Å². The topological polar surface area (TPSA) is 47.3 Å². The Kier molecular flexibility index (Phi) is 5.21. The fourth-order valence-corrected chi connectivity index (χ4v) is 2.82. The molecule has 0 saturated heterocycles. The van der Waals surface area contributed by atoms with Gasteiger partial charge < -0.3 is 9.80 Å². The van der Waals surface area contributed by atoms with Crippen LogP contribution in [0, 0.1) is 17.2 Å². The van der Waals surface area contributed by atoms with Gasteiger partial charge in [0.2, 0.25) is 5.91 Å². The van der Waals surface area contributed by atoms with Crippen LogP contribution in [0.15, 0.2) is 24.3 Å². The van der Waals surface area contributed by atoms with E-state index < -0.39 is 0 Å². The summed E-state index contributed by atoms with van der Waals surface area (Å²) in [4.78, 5) is 16.4. The van der Waals surface area contributed by atoms with E-state index in [1.54, 1.807) is 4.90 Å². The second-order valence-electron chi connectivity index (χ2n) is 5.62. The molecule has 112 valence electrons. The van der Waals surface area contributed by atoms with Gasteiger partial charge in [-0.05, 0) is 38.3 Å². The minimum absolute atomic E-state index is 0.108. The fourth-order valence-electron chi connectivity index (χ4n) is 2.82. The number of carbonyl (C=O) groups excluding carboxylic acids is 1. The first-order valence-electron chi connectivity index (χ1n) is 7.66. The first-order chi connectivity index (χ1) is 10.2. The second kappa shape index (κ2) is 7.12. The molecule has 0 bridgehead atoms. The number of hydrogen-bond acceptors (Lipinski definition) is 3. The average Bonchev–Trinajstić information content (AvgIpc) is 2.52. The molecule has 21 heavy (non-hydrogen) atoms. The molecule has 0 radical (unpaired) electrons. The van der Waals surface area contributed by atoms with Crippen LogP contribution in [-0.2, 0) is 11.2 Å². The number of carbonyl (C=O) groups is 1.